The van der Waals surface area contributed by atoms with E-state index in [4.69, 9.17) is 4.98 Å². The van der Waals surface area contributed by atoms with Gasteiger partial charge in [-0.05, 0) is 56.6 Å². The zero-order valence-electron chi connectivity index (χ0n) is 12.5. The zero-order valence-corrected chi connectivity index (χ0v) is 12.5. The summed E-state index contributed by atoms with van der Waals surface area (Å²) in [5.74, 6) is 1.53. The van der Waals surface area contributed by atoms with Gasteiger partial charge in [-0.15, -0.1) is 0 Å². The number of nitrogens with one attached hydrogen (secondary N) is 2. The second kappa shape index (κ2) is 6.68. The lowest BCUT2D eigenvalue weighted by atomic mass is 9.94. The molecule has 3 rings (SSSR count). The van der Waals surface area contributed by atoms with Crippen LogP contribution in [0.4, 0.5) is 5.82 Å². The summed E-state index contributed by atoms with van der Waals surface area (Å²) in [5.41, 5.74) is 3.49. The summed E-state index contributed by atoms with van der Waals surface area (Å²) in [6.45, 7) is 4.99. The third-order valence-corrected chi connectivity index (χ3v) is 4.08. The highest BCUT2D eigenvalue weighted by Crippen LogP contribution is 2.24. The summed E-state index contributed by atoms with van der Waals surface area (Å²) < 4.78 is 0. The van der Waals surface area contributed by atoms with Gasteiger partial charge in [-0.1, -0.05) is 12.1 Å². The Morgan fingerprint density at radius 3 is 2.86 bits per heavy atom. The van der Waals surface area contributed by atoms with E-state index < -0.39 is 0 Å². The van der Waals surface area contributed by atoms with Crippen molar-refractivity contribution < 1.29 is 0 Å². The molecule has 0 spiro atoms. The molecule has 0 radical (unpaired) electrons. The molecule has 0 amide bonds. The average molecular weight is 282 g/mol. The normalized spacial score (nSPS) is 15.9. The third kappa shape index (κ3) is 3.58. The van der Waals surface area contributed by atoms with Gasteiger partial charge in [0.05, 0.1) is 12.2 Å². The van der Waals surface area contributed by atoms with Gasteiger partial charge in [0.15, 0.2) is 0 Å². The Labute approximate surface area is 126 Å². The molecule has 2 aromatic rings. The number of nitrogens with zero attached hydrogens (tertiary/aromatic N) is 2. The number of aromatic nitrogens is 2. The van der Waals surface area contributed by atoms with Crippen molar-refractivity contribution in [2.75, 3.05) is 18.4 Å². The number of anilines is 1. The van der Waals surface area contributed by atoms with Crippen LogP contribution in [0.5, 0.6) is 0 Å². The Bertz CT molecular complexity index is 591. The Morgan fingerprint density at radius 2 is 2.05 bits per heavy atom. The molecule has 0 bridgehead atoms. The van der Waals surface area contributed by atoms with Gasteiger partial charge in [0.1, 0.15) is 5.82 Å². The van der Waals surface area contributed by atoms with Crippen molar-refractivity contribution >= 4 is 5.82 Å². The van der Waals surface area contributed by atoms with Gasteiger partial charge >= 0.3 is 0 Å². The van der Waals surface area contributed by atoms with Crippen LogP contribution in [0.15, 0.2) is 36.5 Å². The molecule has 4 heteroatoms. The second-order valence-electron chi connectivity index (χ2n) is 5.59. The van der Waals surface area contributed by atoms with Crippen LogP contribution in [0.25, 0.3) is 0 Å². The summed E-state index contributed by atoms with van der Waals surface area (Å²) in [5, 5.41) is 6.79. The van der Waals surface area contributed by atoms with Gasteiger partial charge < -0.3 is 10.6 Å². The van der Waals surface area contributed by atoms with Crippen molar-refractivity contribution in [2.24, 2.45) is 0 Å². The van der Waals surface area contributed by atoms with E-state index in [2.05, 4.69) is 40.7 Å². The molecule has 1 aliphatic heterocycles. The highest BCUT2D eigenvalue weighted by atomic mass is 15.0. The molecule has 1 saturated heterocycles. The van der Waals surface area contributed by atoms with Crippen molar-refractivity contribution in [2.45, 2.75) is 32.2 Å². The van der Waals surface area contributed by atoms with E-state index in [1.165, 1.54) is 24.1 Å². The predicted octanol–water partition coefficient (Wildman–Crippen LogP) is 2.86. The summed E-state index contributed by atoms with van der Waals surface area (Å²) in [6, 6.07) is 10.3. The second-order valence-corrected chi connectivity index (χ2v) is 5.59. The van der Waals surface area contributed by atoms with Gasteiger partial charge in [-0.3, -0.25) is 4.98 Å². The summed E-state index contributed by atoms with van der Waals surface area (Å²) in [6.07, 6.45) is 4.19. The number of hydrogen-bond donors (Lipinski definition) is 2. The lowest BCUT2D eigenvalue weighted by molar-refractivity contribution is 0.453. The minimum absolute atomic E-state index is 0.588. The molecule has 21 heavy (non-hydrogen) atoms. The summed E-state index contributed by atoms with van der Waals surface area (Å²) in [7, 11) is 0. The van der Waals surface area contributed by atoms with Crippen molar-refractivity contribution in [1.82, 2.24) is 15.3 Å². The van der Waals surface area contributed by atoms with Gasteiger partial charge in [-0.2, -0.15) is 0 Å². The quantitative estimate of drug-likeness (QED) is 0.905. The van der Waals surface area contributed by atoms with Crippen LogP contribution < -0.4 is 10.6 Å². The molecule has 1 aliphatic rings. The molecule has 0 saturated carbocycles. The number of aryl methyl sites for hydroxylation is 1. The SMILES string of the molecule is Cc1cccnc1CNc1cccc(C2CCNCC2)n1. The number of pyridine rings is 2. The summed E-state index contributed by atoms with van der Waals surface area (Å²) >= 11 is 0. The largest absolute Gasteiger partial charge is 0.364 e. The molecule has 4 nitrogen and oxygen atoms in total. The van der Waals surface area contributed by atoms with Crippen LogP contribution in [0, 0.1) is 6.92 Å². The molecular formula is C17H22N4. The fourth-order valence-electron chi connectivity index (χ4n) is 2.77. The fraction of sp³-hybridized carbons (Fsp3) is 0.412. The van der Waals surface area contributed by atoms with E-state index in [-0.39, 0.29) is 0 Å². The van der Waals surface area contributed by atoms with E-state index in [9.17, 15) is 0 Å². The first-order valence-electron chi connectivity index (χ1n) is 7.65. The first kappa shape index (κ1) is 14.0. The maximum atomic E-state index is 4.77. The zero-order chi connectivity index (χ0) is 14.5. The standard InChI is InChI=1S/C17H22N4/c1-13-4-3-9-19-16(13)12-20-17-6-2-5-15(21-17)14-7-10-18-11-8-14/h2-6,9,14,18H,7-8,10-12H2,1H3,(H,20,21). The molecule has 0 atom stereocenters. The third-order valence-electron chi connectivity index (χ3n) is 4.08. The first-order valence-corrected chi connectivity index (χ1v) is 7.65. The van der Waals surface area contributed by atoms with Crippen molar-refractivity contribution in [1.29, 1.82) is 0 Å². The van der Waals surface area contributed by atoms with Crippen molar-refractivity contribution in [3.63, 3.8) is 0 Å². The Kier molecular flexibility index (Phi) is 4.46. The molecule has 2 aromatic heterocycles. The Morgan fingerprint density at radius 1 is 1.19 bits per heavy atom. The Hall–Kier alpha value is -1.94. The van der Waals surface area contributed by atoms with Crippen molar-refractivity contribution in [3.05, 3.63) is 53.5 Å². The van der Waals surface area contributed by atoms with Gasteiger partial charge in [0.2, 0.25) is 0 Å². The minimum Gasteiger partial charge on any atom is -0.364 e. The molecule has 0 aliphatic carbocycles. The van der Waals surface area contributed by atoms with Gasteiger partial charge in [0, 0.05) is 17.8 Å². The fourth-order valence-corrected chi connectivity index (χ4v) is 2.77. The minimum atomic E-state index is 0.588. The number of hydrogen-bond acceptors (Lipinski definition) is 4. The van der Waals surface area contributed by atoms with Crippen LogP contribution in [-0.4, -0.2) is 23.1 Å². The van der Waals surface area contributed by atoms with E-state index in [1.54, 1.807) is 0 Å². The monoisotopic (exact) mass is 282 g/mol. The highest BCUT2D eigenvalue weighted by Gasteiger charge is 2.16. The van der Waals surface area contributed by atoms with E-state index in [0.717, 1.165) is 31.1 Å². The van der Waals surface area contributed by atoms with E-state index in [0.29, 0.717) is 5.92 Å². The first-order chi connectivity index (χ1) is 10.3. The molecule has 1 fully saturated rings. The summed E-state index contributed by atoms with van der Waals surface area (Å²) in [4.78, 5) is 9.18. The van der Waals surface area contributed by atoms with E-state index in [1.807, 2.05) is 18.3 Å². The smallest absolute Gasteiger partial charge is 0.126 e. The molecule has 2 N–H and O–H groups in total. The van der Waals surface area contributed by atoms with Crippen LogP contribution in [0.3, 0.4) is 0 Å². The molecule has 0 unspecified atom stereocenters. The molecule has 110 valence electrons. The lowest BCUT2D eigenvalue weighted by Gasteiger charge is -2.22. The van der Waals surface area contributed by atoms with Crippen LogP contribution in [0.1, 0.15) is 35.7 Å². The number of piperidine rings is 1. The predicted molar refractivity (Wildman–Crippen MR) is 85.4 cm³/mol. The average Bonchev–Trinajstić information content (AvgIpc) is 2.55. The van der Waals surface area contributed by atoms with Gasteiger partial charge in [0.25, 0.3) is 0 Å². The molecule has 3 heterocycles. The number of rotatable bonds is 4. The van der Waals surface area contributed by atoms with Crippen molar-refractivity contribution in [3.8, 4) is 0 Å². The van der Waals surface area contributed by atoms with E-state index >= 15 is 0 Å². The Balaban J connectivity index is 1.67. The lowest BCUT2D eigenvalue weighted by Crippen LogP contribution is -2.27. The maximum Gasteiger partial charge on any atom is 0.126 e. The highest BCUT2D eigenvalue weighted by molar-refractivity contribution is 5.37. The van der Waals surface area contributed by atoms with Gasteiger partial charge in [-0.25, -0.2) is 4.98 Å². The topological polar surface area (TPSA) is 49.8 Å². The van der Waals surface area contributed by atoms with Crippen LogP contribution in [-0.2, 0) is 6.54 Å². The van der Waals surface area contributed by atoms with Crippen LogP contribution >= 0.6 is 0 Å². The molecule has 0 aromatic carbocycles. The molecular weight excluding hydrogens is 260 g/mol. The maximum absolute atomic E-state index is 4.77. The van der Waals surface area contributed by atoms with Crippen LogP contribution in [0.2, 0.25) is 0 Å².